The third-order valence-corrected chi connectivity index (χ3v) is 3.66. The van der Waals surface area contributed by atoms with Gasteiger partial charge in [0, 0.05) is 29.7 Å². The highest BCUT2D eigenvalue weighted by atomic mass is 19.3. The second-order valence-electron chi connectivity index (χ2n) is 5.49. The van der Waals surface area contributed by atoms with Crippen LogP contribution in [0.25, 0.3) is 0 Å². The topological polar surface area (TPSA) is 55.2 Å². The van der Waals surface area contributed by atoms with Crippen LogP contribution in [-0.4, -0.2) is 17.5 Å². The summed E-state index contributed by atoms with van der Waals surface area (Å²) in [6.45, 7) is 8.58. The predicted molar refractivity (Wildman–Crippen MR) is 78.8 cm³/mol. The highest BCUT2D eigenvalue weighted by molar-refractivity contribution is 5.43. The van der Waals surface area contributed by atoms with E-state index in [1.165, 1.54) is 12.1 Å². The molecule has 0 aliphatic rings. The molecule has 2 unspecified atom stereocenters. The first kappa shape index (κ1) is 17.5. The van der Waals surface area contributed by atoms with Gasteiger partial charge in [0.1, 0.15) is 0 Å². The molecule has 4 nitrogen and oxygen atoms in total. The van der Waals surface area contributed by atoms with Gasteiger partial charge in [-0.1, -0.05) is 26.8 Å². The van der Waals surface area contributed by atoms with Crippen molar-refractivity contribution < 1.29 is 13.7 Å². The van der Waals surface area contributed by atoms with Gasteiger partial charge in [-0.3, -0.25) is 10.1 Å². The molecule has 0 saturated heterocycles. The summed E-state index contributed by atoms with van der Waals surface area (Å²) in [7, 11) is 0. The molecule has 0 saturated carbocycles. The van der Waals surface area contributed by atoms with Crippen molar-refractivity contribution >= 4 is 5.69 Å². The number of alkyl halides is 2. The van der Waals surface area contributed by atoms with E-state index >= 15 is 0 Å². The molecule has 0 fully saturated rings. The maximum atomic E-state index is 13.3. The first-order valence-corrected chi connectivity index (χ1v) is 7.09. The summed E-state index contributed by atoms with van der Waals surface area (Å²) < 4.78 is 26.6. The molecule has 0 aromatic heterocycles. The van der Waals surface area contributed by atoms with Gasteiger partial charge in [-0.25, -0.2) is 8.78 Å². The third-order valence-electron chi connectivity index (χ3n) is 3.66. The number of likely N-dealkylation sites (N-methyl/N-ethyl adjacent to an activating group) is 1. The molecular formula is C15H22F2N2O2. The Morgan fingerprint density at radius 3 is 2.29 bits per heavy atom. The number of halogens is 2. The van der Waals surface area contributed by atoms with Gasteiger partial charge in [-0.05, 0) is 24.9 Å². The van der Waals surface area contributed by atoms with Gasteiger partial charge in [-0.2, -0.15) is 0 Å². The van der Waals surface area contributed by atoms with Crippen LogP contribution in [-0.2, 0) is 0 Å². The number of hydrogen-bond donors (Lipinski definition) is 1. The molecule has 0 amide bonds. The SMILES string of the molecule is CCNC(C)C(c1ccc([N+](=O)[O-])cc1C(F)F)C(C)C. The van der Waals surface area contributed by atoms with E-state index in [1.807, 2.05) is 27.7 Å². The van der Waals surface area contributed by atoms with Crippen molar-refractivity contribution in [1.82, 2.24) is 5.32 Å². The average Bonchev–Trinajstić information content (AvgIpc) is 2.38. The fourth-order valence-corrected chi connectivity index (χ4v) is 2.82. The van der Waals surface area contributed by atoms with Crippen LogP contribution in [0.15, 0.2) is 18.2 Å². The summed E-state index contributed by atoms with van der Waals surface area (Å²) in [5.74, 6) is 0.00719. The van der Waals surface area contributed by atoms with Crippen LogP contribution in [0, 0.1) is 16.0 Å². The lowest BCUT2D eigenvalue weighted by Crippen LogP contribution is -2.35. The van der Waals surface area contributed by atoms with Gasteiger partial charge >= 0.3 is 0 Å². The number of nitrogens with zero attached hydrogens (tertiary/aromatic N) is 1. The molecule has 2 atom stereocenters. The van der Waals surface area contributed by atoms with Crippen LogP contribution in [0.1, 0.15) is 51.2 Å². The Morgan fingerprint density at radius 1 is 1.24 bits per heavy atom. The summed E-state index contributed by atoms with van der Waals surface area (Å²) in [4.78, 5) is 10.1. The van der Waals surface area contributed by atoms with Crippen LogP contribution in [0.3, 0.4) is 0 Å². The Kier molecular flexibility index (Phi) is 6.20. The van der Waals surface area contributed by atoms with Crippen LogP contribution in [0.5, 0.6) is 0 Å². The molecule has 0 heterocycles. The van der Waals surface area contributed by atoms with E-state index in [2.05, 4.69) is 5.32 Å². The van der Waals surface area contributed by atoms with Gasteiger partial charge in [0.2, 0.25) is 0 Å². The molecule has 0 spiro atoms. The minimum Gasteiger partial charge on any atom is -0.314 e. The Hall–Kier alpha value is -1.56. The van der Waals surface area contributed by atoms with Crippen molar-refractivity contribution in [2.75, 3.05) is 6.54 Å². The number of non-ortho nitro benzene ring substituents is 1. The first-order chi connectivity index (χ1) is 9.79. The van der Waals surface area contributed by atoms with E-state index < -0.39 is 11.3 Å². The molecule has 21 heavy (non-hydrogen) atoms. The summed E-state index contributed by atoms with van der Waals surface area (Å²) >= 11 is 0. The van der Waals surface area contributed by atoms with Crippen molar-refractivity contribution in [3.05, 3.63) is 39.4 Å². The molecule has 1 N–H and O–H groups in total. The van der Waals surface area contributed by atoms with Crippen molar-refractivity contribution in [1.29, 1.82) is 0 Å². The molecule has 1 aromatic carbocycles. The fourth-order valence-electron chi connectivity index (χ4n) is 2.82. The molecular weight excluding hydrogens is 278 g/mol. The van der Waals surface area contributed by atoms with Crippen LogP contribution < -0.4 is 5.32 Å². The summed E-state index contributed by atoms with van der Waals surface area (Å²) in [5.41, 5.74) is -0.0561. The molecule has 0 aliphatic carbocycles. The highest BCUT2D eigenvalue weighted by Gasteiger charge is 2.28. The maximum absolute atomic E-state index is 13.3. The second-order valence-corrected chi connectivity index (χ2v) is 5.49. The van der Waals surface area contributed by atoms with Gasteiger partial charge in [-0.15, -0.1) is 0 Å². The zero-order valence-electron chi connectivity index (χ0n) is 12.8. The Balaban J connectivity index is 3.33. The van der Waals surface area contributed by atoms with Gasteiger partial charge in [0.25, 0.3) is 12.1 Å². The lowest BCUT2D eigenvalue weighted by atomic mass is 9.80. The largest absolute Gasteiger partial charge is 0.314 e. The number of nitrogens with one attached hydrogen (secondary N) is 1. The van der Waals surface area contributed by atoms with Crippen molar-refractivity contribution in [2.24, 2.45) is 5.92 Å². The molecule has 1 rings (SSSR count). The lowest BCUT2D eigenvalue weighted by Gasteiger charge is -2.30. The third kappa shape index (κ3) is 4.20. The number of nitro groups is 1. The van der Waals surface area contributed by atoms with Gasteiger partial charge in [0.05, 0.1) is 4.92 Å². The zero-order valence-corrected chi connectivity index (χ0v) is 12.8. The van der Waals surface area contributed by atoms with Crippen LogP contribution in [0.2, 0.25) is 0 Å². The zero-order chi connectivity index (χ0) is 16.2. The van der Waals surface area contributed by atoms with Crippen LogP contribution >= 0.6 is 0 Å². The van der Waals surface area contributed by atoms with Crippen molar-refractivity contribution in [2.45, 2.75) is 46.1 Å². The highest BCUT2D eigenvalue weighted by Crippen LogP contribution is 2.36. The van der Waals surface area contributed by atoms with E-state index in [4.69, 9.17) is 0 Å². The summed E-state index contributed by atoms with van der Waals surface area (Å²) in [5, 5.41) is 14.0. The monoisotopic (exact) mass is 300 g/mol. The summed E-state index contributed by atoms with van der Waals surface area (Å²) in [6, 6.07) is 3.77. The maximum Gasteiger partial charge on any atom is 0.269 e. The Morgan fingerprint density at radius 2 is 1.86 bits per heavy atom. The lowest BCUT2D eigenvalue weighted by molar-refractivity contribution is -0.385. The normalized spacial score (nSPS) is 14.5. The standard InChI is InChI=1S/C15H22F2N2O2/c1-5-18-10(4)14(9(2)3)12-7-6-11(19(20)21)8-13(12)15(16)17/h6-10,14-15,18H,5H2,1-4H3. The number of benzene rings is 1. The Bertz CT molecular complexity index is 493. The molecule has 0 radical (unpaired) electrons. The minimum atomic E-state index is -2.73. The van der Waals surface area contributed by atoms with E-state index in [1.54, 1.807) is 0 Å². The molecule has 0 bridgehead atoms. The van der Waals surface area contributed by atoms with E-state index in [0.29, 0.717) is 5.56 Å². The molecule has 6 heteroatoms. The van der Waals surface area contributed by atoms with Gasteiger partial charge < -0.3 is 5.32 Å². The predicted octanol–water partition coefficient (Wildman–Crippen LogP) is 4.27. The molecule has 0 aliphatic heterocycles. The van der Waals surface area contributed by atoms with Crippen molar-refractivity contribution in [3.63, 3.8) is 0 Å². The number of nitro benzene ring substituents is 1. The first-order valence-electron chi connectivity index (χ1n) is 7.09. The van der Waals surface area contributed by atoms with Crippen LogP contribution in [0.4, 0.5) is 14.5 Å². The van der Waals surface area contributed by atoms with E-state index in [-0.39, 0.29) is 29.1 Å². The number of hydrogen-bond acceptors (Lipinski definition) is 3. The smallest absolute Gasteiger partial charge is 0.269 e. The van der Waals surface area contributed by atoms with E-state index in [0.717, 1.165) is 12.6 Å². The quantitative estimate of drug-likeness (QED) is 0.604. The fraction of sp³-hybridized carbons (Fsp3) is 0.600. The molecule has 118 valence electrons. The minimum absolute atomic E-state index is 0.00829. The average molecular weight is 300 g/mol. The Labute approximate surface area is 123 Å². The summed E-state index contributed by atoms with van der Waals surface area (Å²) in [6.07, 6.45) is -2.73. The number of rotatable bonds is 7. The van der Waals surface area contributed by atoms with E-state index in [9.17, 15) is 18.9 Å². The second kappa shape index (κ2) is 7.45. The van der Waals surface area contributed by atoms with Crippen molar-refractivity contribution in [3.8, 4) is 0 Å². The molecule has 1 aromatic rings. The van der Waals surface area contributed by atoms with Gasteiger partial charge in [0.15, 0.2) is 0 Å².